The zero-order valence-electron chi connectivity index (χ0n) is 12.4. The number of hydrogen-bond donors (Lipinski definition) is 1. The molecule has 2 aromatic rings. The molecule has 1 atom stereocenters. The summed E-state index contributed by atoms with van der Waals surface area (Å²) in [4.78, 5) is 6.91. The van der Waals surface area contributed by atoms with E-state index in [0.29, 0.717) is 11.8 Å². The molecule has 1 aliphatic carbocycles. The van der Waals surface area contributed by atoms with Gasteiger partial charge in [0.2, 0.25) is 0 Å². The highest BCUT2D eigenvalue weighted by Crippen LogP contribution is 2.41. The lowest BCUT2D eigenvalue weighted by Crippen LogP contribution is -2.22. The Bertz CT molecular complexity index is 566. The molecule has 0 amide bonds. The molecule has 0 aliphatic heterocycles. The molecular formula is C16H24N2OS. The Morgan fingerprint density at radius 2 is 2.10 bits per heavy atom. The van der Waals surface area contributed by atoms with Gasteiger partial charge in [-0.2, -0.15) is 0 Å². The van der Waals surface area contributed by atoms with Gasteiger partial charge in [0.05, 0.1) is 12.8 Å². The lowest BCUT2D eigenvalue weighted by Gasteiger charge is -2.30. The lowest BCUT2D eigenvalue weighted by molar-refractivity contribution is 0.192. The molecule has 1 fully saturated rings. The summed E-state index contributed by atoms with van der Waals surface area (Å²) < 4.78 is 2.22. The molecule has 3 rings (SSSR count). The minimum absolute atomic E-state index is 0.258. The smallest absolute Gasteiger partial charge is 0.119 e. The average molecular weight is 292 g/mol. The van der Waals surface area contributed by atoms with E-state index in [4.69, 9.17) is 0 Å². The molecule has 0 saturated heterocycles. The van der Waals surface area contributed by atoms with Crippen molar-refractivity contribution in [3.8, 4) is 0 Å². The van der Waals surface area contributed by atoms with E-state index in [1.54, 1.807) is 0 Å². The number of aliphatic hydroxyl groups is 1. The maximum Gasteiger partial charge on any atom is 0.119 e. The molecule has 0 radical (unpaired) electrons. The number of imidazole rings is 1. The summed E-state index contributed by atoms with van der Waals surface area (Å²) in [5.41, 5.74) is 1.33. The Labute approximate surface area is 124 Å². The van der Waals surface area contributed by atoms with Crippen LogP contribution in [0.2, 0.25) is 0 Å². The van der Waals surface area contributed by atoms with Crippen LogP contribution in [0.4, 0.5) is 0 Å². The standard InChI is InChI=1S/C16H24N2OS/c1-11(2)16-15(18-10-17-8-14(18)20-16)13(9-19)12-6-4-3-5-7-12/h8,10-13,19H,3-7,9H2,1-2H3. The summed E-state index contributed by atoms with van der Waals surface area (Å²) in [6, 6.07) is 0. The fraction of sp³-hybridized carbons (Fsp3) is 0.688. The number of rotatable bonds is 4. The summed E-state index contributed by atoms with van der Waals surface area (Å²) in [5.74, 6) is 1.41. The SMILES string of the molecule is CC(C)c1sc2cncn2c1C(CO)C1CCCCC1. The zero-order valence-corrected chi connectivity index (χ0v) is 13.2. The van der Waals surface area contributed by atoms with E-state index in [2.05, 4.69) is 23.2 Å². The molecule has 1 N–H and O–H groups in total. The first-order valence-electron chi connectivity index (χ1n) is 7.78. The van der Waals surface area contributed by atoms with Crippen LogP contribution in [0.5, 0.6) is 0 Å². The van der Waals surface area contributed by atoms with Gasteiger partial charge < -0.3 is 5.11 Å². The quantitative estimate of drug-likeness (QED) is 0.918. The van der Waals surface area contributed by atoms with Crippen LogP contribution in [0.1, 0.15) is 68.4 Å². The van der Waals surface area contributed by atoms with Gasteiger partial charge in [0.1, 0.15) is 11.2 Å². The predicted octanol–water partition coefficient (Wildman–Crippen LogP) is 4.18. The molecular weight excluding hydrogens is 268 g/mol. The molecule has 4 heteroatoms. The van der Waals surface area contributed by atoms with Gasteiger partial charge in [0.25, 0.3) is 0 Å². The second-order valence-corrected chi connectivity index (χ2v) is 7.36. The van der Waals surface area contributed by atoms with E-state index in [-0.39, 0.29) is 12.5 Å². The highest BCUT2D eigenvalue weighted by atomic mass is 32.1. The molecule has 110 valence electrons. The van der Waals surface area contributed by atoms with Crippen molar-refractivity contribution in [3.05, 3.63) is 23.1 Å². The third-order valence-electron chi connectivity index (χ3n) is 4.62. The van der Waals surface area contributed by atoms with Crippen molar-refractivity contribution in [2.75, 3.05) is 6.61 Å². The van der Waals surface area contributed by atoms with E-state index in [1.165, 1.54) is 47.5 Å². The number of hydrogen-bond acceptors (Lipinski definition) is 3. The topological polar surface area (TPSA) is 37.5 Å². The van der Waals surface area contributed by atoms with Crippen LogP contribution in [0.15, 0.2) is 12.5 Å². The van der Waals surface area contributed by atoms with Gasteiger partial charge in [-0.15, -0.1) is 11.3 Å². The molecule has 0 spiro atoms. The third kappa shape index (κ3) is 2.40. The summed E-state index contributed by atoms with van der Waals surface area (Å²) in [7, 11) is 0. The molecule has 1 aliphatic rings. The Balaban J connectivity index is 2.04. The number of aliphatic hydroxyl groups excluding tert-OH is 1. The van der Waals surface area contributed by atoms with Crippen molar-refractivity contribution in [2.24, 2.45) is 5.92 Å². The summed E-state index contributed by atoms with van der Waals surface area (Å²) >= 11 is 1.84. The highest BCUT2D eigenvalue weighted by molar-refractivity contribution is 7.17. The molecule has 1 saturated carbocycles. The maximum absolute atomic E-state index is 10.0. The van der Waals surface area contributed by atoms with E-state index in [0.717, 1.165) is 0 Å². The summed E-state index contributed by atoms with van der Waals surface area (Å²) in [5, 5.41) is 10.0. The van der Waals surface area contributed by atoms with Crippen LogP contribution in [0.3, 0.4) is 0 Å². The number of fused-ring (bicyclic) bond motifs is 1. The van der Waals surface area contributed by atoms with Crippen molar-refractivity contribution < 1.29 is 5.11 Å². The lowest BCUT2D eigenvalue weighted by atomic mass is 9.78. The van der Waals surface area contributed by atoms with Crippen molar-refractivity contribution in [3.63, 3.8) is 0 Å². The van der Waals surface area contributed by atoms with E-state index < -0.39 is 0 Å². The van der Waals surface area contributed by atoms with Crippen LogP contribution in [0, 0.1) is 5.92 Å². The van der Waals surface area contributed by atoms with Gasteiger partial charge in [-0.1, -0.05) is 33.1 Å². The second-order valence-electron chi connectivity index (χ2n) is 6.30. The van der Waals surface area contributed by atoms with Gasteiger partial charge in [0, 0.05) is 16.5 Å². The zero-order chi connectivity index (χ0) is 14.1. The number of aromatic nitrogens is 2. The average Bonchev–Trinajstić information content (AvgIpc) is 3.03. The fourth-order valence-electron chi connectivity index (χ4n) is 3.59. The molecule has 2 heterocycles. The Kier molecular flexibility index (Phi) is 4.13. The van der Waals surface area contributed by atoms with E-state index in [1.807, 2.05) is 23.9 Å². The van der Waals surface area contributed by atoms with Crippen LogP contribution in [0.25, 0.3) is 4.83 Å². The van der Waals surface area contributed by atoms with Crippen molar-refractivity contribution in [1.82, 2.24) is 9.38 Å². The van der Waals surface area contributed by atoms with Crippen LogP contribution in [-0.4, -0.2) is 21.1 Å². The Morgan fingerprint density at radius 3 is 2.75 bits per heavy atom. The molecule has 0 aromatic carbocycles. The van der Waals surface area contributed by atoms with E-state index >= 15 is 0 Å². The van der Waals surface area contributed by atoms with Gasteiger partial charge in [0.15, 0.2) is 0 Å². The second kappa shape index (κ2) is 5.86. The normalized spacial score (nSPS) is 19.0. The Morgan fingerprint density at radius 1 is 1.35 bits per heavy atom. The van der Waals surface area contributed by atoms with Gasteiger partial charge in [-0.05, 0) is 24.7 Å². The first-order valence-corrected chi connectivity index (χ1v) is 8.59. The summed E-state index contributed by atoms with van der Waals surface area (Å²) in [6.45, 7) is 4.75. The minimum atomic E-state index is 0.258. The molecule has 20 heavy (non-hydrogen) atoms. The minimum Gasteiger partial charge on any atom is -0.396 e. The van der Waals surface area contributed by atoms with Gasteiger partial charge in [-0.3, -0.25) is 4.40 Å². The predicted molar refractivity (Wildman–Crippen MR) is 83.6 cm³/mol. The number of nitrogens with zero attached hydrogens (tertiary/aromatic N) is 2. The van der Waals surface area contributed by atoms with Gasteiger partial charge >= 0.3 is 0 Å². The fourth-order valence-corrected chi connectivity index (χ4v) is 4.77. The van der Waals surface area contributed by atoms with Crippen molar-refractivity contribution in [1.29, 1.82) is 0 Å². The van der Waals surface area contributed by atoms with Gasteiger partial charge in [-0.25, -0.2) is 4.98 Å². The maximum atomic E-state index is 10.0. The first kappa shape index (κ1) is 14.1. The van der Waals surface area contributed by atoms with Crippen LogP contribution in [-0.2, 0) is 0 Å². The summed E-state index contributed by atoms with van der Waals surface area (Å²) in [6.07, 6.45) is 10.4. The van der Waals surface area contributed by atoms with Crippen molar-refractivity contribution in [2.45, 2.75) is 57.8 Å². The van der Waals surface area contributed by atoms with Crippen molar-refractivity contribution >= 4 is 16.2 Å². The largest absolute Gasteiger partial charge is 0.396 e. The van der Waals surface area contributed by atoms with Crippen LogP contribution < -0.4 is 0 Å². The number of thiazole rings is 1. The Hall–Kier alpha value is -0.870. The first-order chi connectivity index (χ1) is 9.72. The highest BCUT2D eigenvalue weighted by Gasteiger charge is 2.30. The molecule has 3 nitrogen and oxygen atoms in total. The third-order valence-corrected chi connectivity index (χ3v) is 6.03. The molecule has 0 bridgehead atoms. The van der Waals surface area contributed by atoms with E-state index in [9.17, 15) is 5.11 Å². The van der Waals surface area contributed by atoms with Crippen LogP contribution >= 0.6 is 11.3 Å². The monoisotopic (exact) mass is 292 g/mol. The molecule has 1 unspecified atom stereocenters. The molecule has 2 aromatic heterocycles.